The maximum Gasteiger partial charge on any atom is 0.253 e. The van der Waals surface area contributed by atoms with E-state index in [1.165, 1.54) is 17.5 Å². The van der Waals surface area contributed by atoms with Crippen molar-refractivity contribution in [2.45, 2.75) is 31.6 Å². The minimum atomic E-state index is -3.65. The van der Waals surface area contributed by atoms with Gasteiger partial charge >= 0.3 is 0 Å². The number of amides is 1. The van der Waals surface area contributed by atoms with E-state index in [9.17, 15) is 13.2 Å². The van der Waals surface area contributed by atoms with Crippen LogP contribution in [0.2, 0.25) is 0 Å². The van der Waals surface area contributed by atoms with Crippen LogP contribution in [0.3, 0.4) is 0 Å². The molecule has 1 fully saturated rings. The highest BCUT2D eigenvalue weighted by Crippen LogP contribution is 2.30. The van der Waals surface area contributed by atoms with Gasteiger partial charge in [-0.3, -0.25) is 4.79 Å². The molecule has 0 radical (unpaired) electrons. The molecule has 0 saturated carbocycles. The van der Waals surface area contributed by atoms with Gasteiger partial charge < -0.3 is 9.64 Å². The van der Waals surface area contributed by atoms with E-state index >= 15 is 0 Å². The van der Waals surface area contributed by atoms with Gasteiger partial charge in [0, 0.05) is 32.2 Å². The largest absolute Gasteiger partial charge is 0.495 e. The first-order valence-corrected chi connectivity index (χ1v) is 9.65. The molecule has 0 N–H and O–H groups in total. The fraction of sp³-hybridized carbons (Fsp3) is 0.588. The summed E-state index contributed by atoms with van der Waals surface area (Å²) in [5, 5.41) is 0. The molecule has 7 heteroatoms. The van der Waals surface area contributed by atoms with Crippen molar-refractivity contribution in [2.75, 3.05) is 33.8 Å². The average molecular weight is 354 g/mol. The highest BCUT2D eigenvalue weighted by atomic mass is 32.2. The third-order valence-electron chi connectivity index (χ3n) is 4.08. The van der Waals surface area contributed by atoms with Crippen LogP contribution in [0.1, 0.15) is 37.0 Å². The number of hydrogen-bond donors (Lipinski definition) is 0. The fourth-order valence-electron chi connectivity index (χ4n) is 2.93. The second-order valence-corrected chi connectivity index (χ2v) is 8.46. The zero-order valence-corrected chi connectivity index (χ0v) is 15.6. The van der Waals surface area contributed by atoms with Crippen LogP contribution in [0.5, 0.6) is 5.75 Å². The lowest BCUT2D eigenvalue weighted by atomic mass is 10.1. The molecule has 0 aliphatic carbocycles. The number of carbonyl (C=O) groups excluding carboxylic acids is 1. The normalized spacial score (nSPS) is 15.7. The summed E-state index contributed by atoms with van der Waals surface area (Å²) < 4.78 is 32.4. The molecule has 1 aliphatic rings. The maximum absolute atomic E-state index is 12.9. The first kappa shape index (κ1) is 18.7. The summed E-state index contributed by atoms with van der Waals surface area (Å²) in [5.74, 6) is 0.416. The molecular formula is C17H26N2O4S. The van der Waals surface area contributed by atoms with E-state index in [2.05, 4.69) is 0 Å². The minimum Gasteiger partial charge on any atom is -0.495 e. The molecule has 1 aromatic carbocycles. The summed E-state index contributed by atoms with van der Waals surface area (Å²) >= 11 is 0. The van der Waals surface area contributed by atoms with Crippen LogP contribution in [0.15, 0.2) is 23.1 Å². The minimum absolute atomic E-state index is 0.0655. The van der Waals surface area contributed by atoms with Crippen molar-refractivity contribution in [3.8, 4) is 5.75 Å². The molecule has 0 unspecified atom stereocenters. The van der Waals surface area contributed by atoms with E-state index in [0.29, 0.717) is 31.1 Å². The molecule has 2 rings (SSSR count). The molecule has 1 saturated heterocycles. The molecule has 0 atom stereocenters. The Morgan fingerprint density at radius 3 is 2.46 bits per heavy atom. The van der Waals surface area contributed by atoms with Gasteiger partial charge in [0.1, 0.15) is 10.6 Å². The van der Waals surface area contributed by atoms with E-state index in [4.69, 9.17) is 4.74 Å². The molecule has 1 aromatic rings. The lowest BCUT2D eigenvalue weighted by Crippen LogP contribution is -2.31. The summed E-state index contributed by atoms with van der Waals surface area (Å²) in [6, 6.07) is 4.60. The Morgan fingerprint density at radius 1 is 1.29 bits per heavy atom. The van der Waals surface area contributed by atoms with Gasteiger partial charge in [0.05, 0.1) is 7.11 Å². The van der Waals surface area contributed by atoms with Gasteiger partial charge in [0.25, 0.3) is 5.91 Å². The third kappa shape index (κ3) is 3.89. The van der Waals surface area contributed by atoms with E-state index in [-0.39, 0.29) is 16.6 Å². The van der Waals surface area contributed by atoms with Crippen molar-refractivity contribution >= 4 is 15.9 Å². The summed E-state index contributed by atoms with van der Waals surface area (Å²) in [5.41, 5.74) is 0.358. The van der Waals surface area contributed by atoms with Crippen LogP contribution in [0.25, 0.3) is 0 Å². The number of carbonyl (C=O) groups is 1. The first-order valence-electron chi connectivity index (χ1n) is 8.21. The molecule has 1 heterocycles. The van der Waals surface area contributed by atoms with Crippen LogP contribution >= 0.6 is 0 Å². The lowest BCUT2D eigenvalue weighted by Gasteiger charge is -2.21. The number of hydrogen-bond acceptors (Lipinski definition) is 4. The quantitative estimate of drug-likeness (QED) is 0.785. The van der Waals surface area contributed by atoms with E-state index in [1.807, 2.05) is 13.8 Å². The molecular weight excluding hydrogens is 328 g/mol. The summed E-state index contributed by atoms with van der Waals surface area (Å²) in [4.78, 5) is 14.2. The monoisotopic (exact) mass is 354 g/mol. The van der Waals surface area contributed by atoms with E-state index in [0.717, 1.165) is 12.8 Å². The van der Waals surface area contributed by atoms with Crippen LogP contribution in [-0.2, 0) is 10.0 Å². The number of rotatable bonds is 6. The standard InChI is InChI=1S/C17H26N2O4S/c1-13(2)12-18(3)17(20)14-7-8-15(23-4)16(11-14)24(21,22)19-9-5-6-10-19/h7-8,11,13H,5-6,9-10,12H2,1-4H3. The second kappa shape index (κ2) is 7.53. The zero-order chi connectivity index (χ0) is 17.9. The number of nitrogens with zero attached hydrogens (tertiary/aromatic N) is 2. The number of benzene rings is 1. The Labute approximate surface area is 144 Å². The molecule has 1 amide bonds. The number of ether oxygens (including phenoxy) is 1. The lowest BCUT2D eigenvalue weighted by molar-refractivity contribution is 0.0779. The van der Waals surface area contributed by atoms with Crippen molar-refractivity contribution in [3.63, 3.8) is 0 Å². The predicted octanol–water partition coefficient (Wildman–Crippen LogP) is 2.21. The van der Waals surface area contributed by atoms with Crippen LogP contribution in [-0.4, -0.2) is 57.3 Å². The molecule has 0 spiro atoms. The summed E-state index contributed by atoms with van der Waals surface area (Å²) in [6.45, 7) is 5.69. The topological polar surface area (TPSA) is 66.9 Å². The van der Waals surface area contributed by atoms with E-state index < -0.39 is 10.0 Å². The van der Waals surface area contributed by atoms with Gasteiger partial charge in [-0.2, -0.15) is 4.31 Å². The van der Waals surface area contributed by atoms with Crippen LogP contribution in [0.4, 0.5) is 0 Å². The van der Waals surface area contributed by atoms with Gasteiger partial charge in [-0.05, 0) is 37.0 Å². The van der Waals surface area contributed by atoms with Crippen molar-refractivity contribution < 1.29 is 17.9 Å². The molecule has 0 aromatic heterocycles. The Morgan fingerprint density at radius 2 is 1.92 bits per heavy atom. The fourth-order valence-corrected chi connectivity index (χ4v) is 4.63. The van der Waals surface area contributed by atoms with Gasteiger partial charge in [0.2, 0.25) is 10.0 Å². The summed E-state index contributed by atoms with van der Waals surface area (Å²) in [6.07, 6.45) is 1.72. The van der Waals surface area contributed by atoms with Gasteiger partial charge in [0.15, 0.2) is 0 Å². The Kier molecular flexibility index (Phi) is 5.87. The van der Waals surface area contributed by atoms with Gasteiger partial charge in [-0.15, -0.1) is 0 Å². The SMILES string of the molecule is COc1ccc(C(=O)N(C)CC(C)C)cc1S(=O)(=O)N1CCCC1. The van der Waals surface area contributed by atoms with Gasteiger partial charge in [-0.1, -0.05) is 13.8 Å². The number of sulfonamides is 1. The molecule has 6 nitrogen and oxygen atoms in total. The Hall–Kier alpha value is -1.60. The second-order valence-electron chi connectivity index (χ2n) is 6.56. The van der Waals surface area contributed by atoms with Crippen LogP contribution in [0, 0.1) is 5.92 Å². The third-order valence-corrected chi connectivity index (χ3v) is 6.00. The Balaban J connectivity index is 2.39. The maximum atomic E-state index is 12.9. The first-order chi connectivity index (χ1) is 11.3. The van der Waals surface area contributed by atoms with E-state index in [1.54, 1.807) is 24.1 Å². The van der Waals surface area contributed by atoms with Gasteiger partial charge in [-0.25, -0.2) is 8.42 Å². The zero-order valence-electron chi connectivity index (χ0n) is 14.8. The van der Waals surface area contributed by atoms with Crippen molar-refractivity contribution in [2.24, 2.45) is 5.92 Å². The van der Waals surface area contributed by atoms with Crippen molar-refractivity contribution in [1.82, 2.24) is 9.21 Å². The highest BCUT2D eigenvalue weighted by Gasteiger charge is 2.31. The Bertz CT molecular complexity index is 695. The number of methoxy groups -OCH3 is 1. The molecule has 1 aliphatic heterocycles. The smallest absolute Gasteiger partial charge is 0.253 e. The molecule has 0 bridgehead atoms. The van der Waals surface area contributed by atoms with Crippen LogP contribution < -0.4 is 4.74 Å². The van der Waals surface area contributed by atoms with Crippen molar-refractivity contribution in [1.29, 1.82) is 0 Å². The summed E-state index contributed by atoms with van der Waals surface area (Å²) in [7, 11) is -0.490. The average Bonchev–Trinajstić information content (AvgIpc) is 3.08. The molecule has 24 heavy (non-hydrogen) atoms. The highest BCUT2D eigenvalue weighted by molar-refractivity contribution is 7.89. The predicted molar refractivity (Wildman–Crippen MR) is 92.8 cm³/mol. The molecule has 134 valence electrons. The van der Waals surface area contributed by atoms with Crippen molar-refractivity contribution in [3.05, 3.63) is 23.8 Å².